The molecule has 6 nitrogen and oxygen atoms in total. The van der Waals surface area contributed by atoms with Crippen molar-refractivity contribution in [1.29, 1.82) is 0 Å². The van der Waals surface area contributed by atoms with Crippen LogP contribution in [0.2, 0.25) is 5.28 Å². The molecule has 1 saturated heterocycles. The molecule has 1 aliphatic heterocycles. The van der Waals surface area contributed by atoms with Crippen LogP contribution in [0.4, 0.5) is 11.9 Å². The second-order valence-corrected chi connectivity index (χ2v) is 4.84. The molecule has 1 atom stereocenters. The highest BCUT2D eigenvalue weighted by atomic mass is 35.5. The summed E-state index contributed by atoms with van der Waals surface area (Å²) < 4.78 is 5.52. The lowest BCUT2D eigenvalue weighted by molar-refractivity contribution is 0.0526. The molecule has 106 valence electrons. The van der Waals surface area contributed by atoms with Gasteiger partial charge in [0.05, 0.1) is 12.7 Å². The largest absolute Gasteiger partial charge is 0.375 e. The second-order valence-electron chi connectivity index (χ2n) is 4.50. The van der Waals surface area contributed by atoms with Crippen LogP contribution in [-0.2, 0) is 4.74 Å². The normalized spacial score (nSPS) is 19.6. The first kappa shape index (κ1) is 14.3. The van der Waals surface area contributed by atoms with Crippen LogP contribution in [0.15, 0.2) is 0 Å². The Kier molecular flexibility index (Phi) is 4.76. The predicted octanol–water partition coefficient (Wildman–Crippen LogP) is 1.60. The minimum Gasteiger partial charge on any atom is -0.375 e. The van der Waals surface area contributed by atoms with Gasteiger partial charge in [-0.1, -0.05) is 0 Å². The summed E-state index contributed by atoms with van der Waals surface area (Å²) in [7, 11) is 0. The Labute approximate surface area is 118 Å². The number of halogens is 1. The summed E-state index contributed by atoms with van der Waals surface area (Å²) in [5, 5.41) is 0.242. The number of morpholine rings is 1. The van der Waals surface area contributed by atoms with Crippen LogP contribution < -0.4 is 9.80 Å². The zero-order valence-corrected chi connectivity index (χ0v) is 12.4. The fraction of sp³-hybridized carbons (Fsp3) is 0.750. The zero-order chi connectivity index (χ0) is 13.8. The molecule has 0 bridgehead atoms. The van der Waals surface area contributed by atoms with Gasteiger partial charge in [0.1, 0.15) is 0 Å². The Morgan fingerprint density at radius 3 is 2.68 bits per heavy atom. The molecular formula is C12H20ClN5O. The molecule has 19 heavy (non-hydrogen) atoms. The Balaban J connectivity index is 2.25. The smallest absolute Gasteiger partial charge is 0.231 e. The Bertz CT molecular complexity index is 427. The van der Waals surface area contributed by atoms with Gasteiger partial charge in [0.25, 0.3) is 0 Å². The SMILES string of the molecule is CCN(CC)c1nc(Cl)nc(N2CCOC(C)C2)n1. The van der Waals surface area contributed by atoms with Crippen molar-refractivity contribution in [2.24, 2.45) is 0 Å². The van der Waals surface area contributed by atoms with E-state index in [4.69, 9.17) is 16.3 Å². The lowest BCUT2D eigenvalue weighted by atomic mass is 10.3. The first-order valence-electron chi connectivity index (χ1n) is 6.67. The van der Waals surface area contributed by atoms with E-state index in [0.717, 1.165) is 26.2 Å². The number of anilines is 2. The van der Waals surface area contributed by atoms with Crippen molar-refractivity contribution >= 4 is 23.5 Å². The van der Waals surface area contributed by atoms with E-state index in [9.17, 15) is 0 Å². The Morgan fingerprint density at radius 1 is 1.32 bits per heavy atom. The molecule has 0 amide bonds. The van der Waals surface area contributed by atoms with Gasteiger partial charge in [-0.15, -0.1) is 0 Å². The summed E-state index contributed by atoms with van der Waals surface area (Å²) in [6.45, 7) is 10.1. The highest BCUT2D eigenvalue weighted by Gasteiger charge is 2.21. The maximum Gasteiger partial charge on any atom is 0.231 e. The maximum atomic E-state index is 6.02. The minimum absolute atomic E-state index is 0.182. The molecule has 0 aromatic carbocycles. The van der Waals surface area contributed by atoms with Crippen molar-refractivity contribution in [1.82, 2.24) is 15.0 Å². The fourth-order valence-electron chi connectivity index (χ4n) is 2.12. The van der Waals surface area contributed by atoms with Crippen LogP contribution in [-0.4, -0.2) is 53.8 Å². The summed E-state index contributed by atoms with van der Waals surface area (Å²) in [4.78, 5) is 17.1. The lowest BCUT2D eigenvalue weighted by Crippen LogP contribution is -2.42. The molecule has 1 fully saturated rings. The van der Waals surface area contributed by atoms with Gasteiger partial charge in [-0.3, -0.25) is 0 Å². The summed E-state index contributed by atoms with van der Waals surface area (Å²) in [5.74, 6) is 1.27. The van der Waals surface area contributed by atoms with Crippen LogP contribution in [0, 0.1) is 0 Å². The number of hydrogen-bond acceptors (Lipinski definition) is 6. The molecule has 1 aromatic rings. The summed E-state index contributed by atoms with van der Waals surface area (Å²) in [5.41, 5.74) is 0. The quantitative estimate of drug-likeness (QED) is 0.837. The number of rotatable bonds is 4. The number of hydrogen-bond donors (Lipinski definition) is 0. The molecule has 0 N–H and O–H groups in total. The first-order chi connectivity index (χ1) is 9.13. The van der Waals surface area contributed by atoms with Crippen LogP contribution in [0.1, 0.15) is 20.8 Å². The fourth-order valence-corrected chi connectivity index (χ4v) is 2.27. The zero-order valence-electron chi connectivity index (χ0n) is 11.6. The lowest BCUT2D eigenvalue weighted by Gasteiger charge is -2.31. The van der Waals surface area contributed by atoms with Gasteiger partial charge in [0, 0.05) is 26.2 Å². The van der Waals surface area contributed by atoms with E-state index in [1.165, 1.54) is 0 Å². The summed E-state index contributed by atoms with van der Waals surface area (Å²) >= 11 is 6.02. The first-order valence-corrected chi connectivity index (χ1v) is 7.04. The molecule has 2 heterocycles. The highest BCUT2D eigenvalue weighted by molar-refractivity contribution is 6.28. The topological polar surface area (TPSA) is 54.4 Å². The standard InChI is InChI=1S/C12H20ClN5O/c1-4-17(5-2)11-14-10(13)15-12(16-11)18-6-7-19-9(3)8-18/h9H,4-8H2,1-3H3. The monoisotopic (exact) mass is 285 g/mol. The third-order valence-electron chi connectivity index (χ3n) is 3.15. The van der Waals surface area contributed by atoms with Crippen molar-refractivity contribution in [2.75, 3.05) is 42.6 Å². The van der Waals surface area contributed by atoms with Gasteiger partial charge in [-0.2, -0.15) is 15.0 Å². The summed E-state index contributed by atoms with van der Waals surface area (Å²) in [6.07, 6.45) is 0.182. The van der Waals surface area contributed by atoms with E-state index >= 15 is 0 Å². The number of aromatic nitrogens is 3. The third-order valence-corrected chi connectivity index (χ3v) is 3.32. The van der Waals surface area contributed by atoms with E-state index in [2.05, 4.69) is 38.6 Å². The van der Waals surface area contributed by atoms with Gasteiger partial charge >= 0.3 is 0 Å². The van der Waals surface area contributed by atoms with E-state index in [0.29, 0.717) is 18.5 Å². The van der Waals surface area contributed by atoms with Gasteiger partial charge in [0.2, 0.25) is 17.2 Å². The van der Waals surface area contributed by atoms with Gasteiger partial charge in [0.15, 0.2) is 0 Å². The maximum absolute atomic E-state index is 6.02. The van der Waals surface area contributed by atoms with Crippen molar-refractivity contribution in [3.05, 3.63) is 5.28 Å². The molecule has 1 aromatic heterocycles. The van der Waals surface area contributed by atoms with Crippen LogP contribution in [0.5, 0.6) is 0 Å². The van der Waals surface area contributed by atoms with E-state index in [1.807, 2.05) is 6.92 Å². The van der Waals surface area contributed by atoms with Gasteiger partial charge < -0.3 is 14.5 Å². The number of ether oxygens (including phenoxy) is 1. The molecule has 1 aliphatic rings. The molecule has 7 heteroatoms. The molecule has 2 rings (SSSR count). The van der Waals surface area contributed by atoms with Crippen molar-refractivity contribution in [2.45, 2.75) is 26.9 Å². The highest BCUT2D eigenvalue weighted by Crippen LogP contribution is 2.18. The van der Waals surface area contributed by atoms with E-state index in [-0.39, 0.29) is 11.4 Å². The van der Waals surface area contributed by atoms with E-state index in [1.54, 1.807) is 0 Å². The van der Waals surface area contributed by atoms with E-state index < -0.39 is 0 Å². The molecule has 0 saturated carbocycles. The van der Waals surface area contributed by atoms with Crippen LogP contribution in [0.25, 0.3) is 0 Å². The molecule has 0 spiro atoms. The third kappa shape index (κ3) is 3.45. The Hall–Kier alpha value is -1.14. The molecule has 1 unspecified atom stereocenters. The second kappa shape index (κ2) is 6.34. The summed E-state index contributed by atoms with van der Waals surface area (Å²) in [6, 6.07) is 0. The van der Waals surface area contributed by atoms with Crippen LogP contribution in [0.3, 0.4) is 0 Å². The van der Waals surface area contributed by atoms with Gasteiger partial charge in [-0.25, -0.2) is 0 Å². The minimum atomic E-state index is 0.182. The predicted molar refractivity (Wildman–Crippen MR) is 76.0 cm³/mol. The van der Waals surface area contributed by atoms with Crippen LogP contribution >= 0.6 is 11.6 Å². The molecule has 0 radical (unpaired) electrons. The van der Waals surface area contributed by atoms with Crippen molar-refractivity contribution in [3.8, 4) is 0 Å². The molecular weight excluding hydrogens is 266 g/mol. The average molecular weight is 286 g/mol. The number of nitrogens with zero attached hydrogens (tertiary/aromatic N) is 5. The average Bonchev–Trinajstić information content (AvgIpc) is 2.39. The Morgan fingerprint density at radius 2 is 2.05 bits per heavy atom. The van der Waals surface area contributed by atoms with Crippen molar-refractivity contribution < 1.29 is 4.74 Å². The molecule has 0 aliphatic carbocycles. The van der Waals surface area contributed by atoms with Gasteiger partial charge in [-0.05, 0) is 32.4 Å². The van der Waals surface area contributed by atoms with Crippen molar-refractivity contribution in [3.63, 3.8) is 0 Å².